The van der Waals surface area contributed by atoms with Crippen molar-refractivity contribution in [3.63, 3.8) is 0 Å². The number of rotatable bonds is 4. The van der Waals surface area contributed by atoms with Crippen molar-refractivity contribution in [3.8, 4) is 23.3 Å². The number of fused-ring (bicyclic) bond motifs is 1. The number of allylic oxidation sites excluding steroid dienone is 1. The number of nitrogens with zero attached hydrogens (tertiary/aromatic N) is 2. The number of aromatic nitrogens is 1. The minimum absolute atomic E-state index is 0.00416. The maximum atomic E-state index is 13.0. The van der Waals surface area contributed by atoms with Gasteiger partial charge in [-0.2, -0.15) is 5.26 Å². The summed E-state index contributed by atoms with van der Waals surface area (Å²) in [5.41, 5.74) is 7.75. The summed E-state index contributed by atoms with van der Waals surface area (Å²) in [7, 11) is 3.22. The van der Waals surface area contributed by atoms with Gasteiger partial charge in [-0.1, -0.05) is 6.07 Å². The minimum Gasteiger partial charge on any atom is -0.493 e. The summed E-state index contributed by atoms with van der Waals surface area (Å²) in [4.78, 5) is 13.0. The van der Waals surface area contributed by atoms with Crippen LogP contribution in [0.25, 0.3) is 0 Å². The van der Waals surface area contributed by atoms with Crippen molar-refractivity contribution in [1.29, 1.82) is 5.26 Å². The average molecular weight is 367 g/mol. The molecule has 1 aromatic carbocycles. The Morgan fingerprint density at radius 1 is 1.33 bits per heavy atom. The van der Waals surface area contributed by atoms with Crippen LogP contribution >= 0.6 is 0 Å². The number of benzene rings is 1. The van der Waals surface area contributed by atoms with Gasteiger partial charge in [0.05, 0.1) is 25.2 Å². The topological polar surface area (TPSA) is 99.5 Å². The van der Waals surface area contributed by atoms with Crippen LogP contribution in [0.5, 0.6) is 17.2 Å². The van der Waals surface area contributed by atoms with Gasteiger partial charge in [0.1, 0.15) is 17.4 Å². The molecule has 3 rings (SSSR count). The molecule has 2 aromatic rings. The van der Waals surface area contributed by atoms with E-state index in [1.54, 1.807) is 38.2 Å². The van der Waals surface area contributed by atoms with Crippen molar-refractivity contribution in [2.45, 2.75) is 19.8 Å². The lowest BCUT2D eigenvalue weighted by atomic mass is 9.84. The van der Waals surface area contributed by atoms with Crippen molar-refractivity contribution < 1.29 is 14.2 Å². The molecular weight excluding hydrogens is 346 g/mol. The molecule has 2 heterocycles. The first-order valence-corrected chi connectivity index (χ1v) is 8.51. The fourth-order valence-corrected chi connectivity index (χ4v) is 3.21. The Labute approximate surface area is 157 Å². The van der Waals surface area contributed by atoms with E-state index in [-0.39, 0.29) is 17.0 Å². The lowest BCUT2D eigenvalue weighted by molar-refractivity contribution is 0.310. The molecule has 0 saturated carbocycles. The second-order valence-electron chi connectivity index (χ2n) is 6.20. The molecule has 1 aliphatic rings. The minimum atomic E-state index is -0.650. The fraction of sp³-hybridized carbons (Fsp3) is 0.300. The van der Waals surface area contributed by atoms with Gasteiger partial charge in [0.2, 0.25) is 5.88 Å². The summed E-state index contributed by atoms with van der Waals surface area (Å²) in [5.74, 6) is 0.813. The summed E-state index contributed by atoms with van der Waals surface area (Å²) >= 11 is 0. The molecule has 7 nitrogen and oxygen atoms in total. The lowest BCUT2D eigenvalue weighted by Crippen LogP contribution is -2.31. The summed E-state index contributed by atoms with van der Waals surface area (Å²) in [6.45, 7) is 4.18. The molecule has 2 N–H and O–H groups in total. The third kappa shape index (κ3) is 2.99. The highest BCUT2D eigenvalue weighted by Gasteiger charge is 2.34. The van der Waals surface area contributed by atoms with Crippen LogP contribution in [0.3, 0.4) is 0 Å². The van der Waals surface area contributed by atoms with Gasteiger partial charge in [0.15, 0.2) is 11.5 Å². The van der Waals surface area contributed by atoms with Gasteiger partial charge in [0.25, 0.3) is 5.56 Å². The van der Waals surface area contributed by atoms with Gasteiger partial charge in [-0.05, 0) is 31.5 Å². The van der Waals surface area contributed by atoms with Crippen LogP contribution in [0.15, 0.2) is 40.5 Å². The number of nitrogens with two attached hydrogens (primary N) is 1. The maximum Gasteiger partial charge on any atom is 0.258 e. The number of aryl methyl sites for hydroxylation is 1. The van der Waals surface area contributed by atoms with Crippen molar-refractivity contribution in [3.05, 3.63) is 62.9 Å². The third-order valence-electron chi connectivity index (χ3n) is 4.67. The average Bonchev–Trinajstić information content (AvgIpc) is 2.66. The van der Waals surface area contributed by atoms with Crippen molar-refractivity contribution >= 4 is 0 Å². The quantitative estimate of drug-likeness (QED) is 0.890. The largest absolute Gasteiger partial charge is 0.493 e. The van der Waals surface area contributed by atoms with Crippen LogP contribution in [0, 0.1) is 18.3 Å². The molecular formula is C20H21N3O4. The highest BCUT2D eigenvalue weighted by atomic mass is 16.5. The monoisotopic (exact) mass is 367 g/mol. The smallest absolute Gasteiger partial charge is 0.258 e. The molecule has 27 heavy (non-hydrogen) atoms. The predicted molar refractivity (Wildman–Crippen MR) is 99.9 cm³/mol. The molecule has 0 unspecified atom stereocenters. The van der Waals surface area contributed by atoms with Crippen LogP contribution < -0.4 is 25.5 Å². The molecule has 1 atom stereocenters. The van der Waals surface area contributed by atoms with Gasteiger partial charge in [-0.3, -0.25) is 4.79 Å². The third-order valence-corrected chi connectivity index (χ3v) is 4.67. The summed E-state index contributed by atoms with van der Waals surface area (Å²) in [6.07, 6.45) is 0. The van der Waals surface area contributed by atoms with Gasteiger partial charge in [-0.15, -0.1) is 0 Å². The molecule has 7 heteroatoms. The molecule has 140 valence electrons. The van der Waals surface area contributed by atoms with Crippen molar-refractivity contribution in [2.75, 3.05) is 13.7 Å². The number of hydrogen-bond acceptors (Lipinski definition) is 6. The van der Waals surface area contributed by atoms with E-state index < -0.39 is 5.92 Å². The summed E-state index contributed by atoms with van der Waals surface area (Å²) < 4.78 is 18.1. The Morgan fingerprint density at radius 2 is 2.07 bits per heavy atom. The first-order valence-electron chi connectivity index (χ1n) is 8.51. The molecule has 1 aliphatic heterocycles. The lowest BCUT2D eigenvalue weighted by Gasteiger charge is -2.27. The number of ether oxygens (including phenoxy) is 3. The standard InChI is InChI=1S/C20H21N3O4/c1-5-26-14-7-6-12(9-15(14)25-4)17-13(10-21)19(22)27-16-8-11(2)23(3)20(24)18(16)17/h6-9,17H,5,22H2,1-4H3/t17-/m1/s1. The van der Waals surface area contributed by atoms with E-state index in [0.29, 0.717) is 35.0 Å². The highest BCUT2D eigenvalue weighted by molar-refractivity contribution is 5.57. The number of nitriles is 1. The predicted octanol–water partition coefficient (Wildman–Crippen LogP) is 2.32. The molecule has 0 radical (unpaired) electrons. The van der Waals surface area contributed by atoms with Crippen LogP contribution in [0.4, 0.5) is 0 Å². The Balaban J connectivity index is 2.27. The van der Waals surface area contributed by atoms with Gasteiger partial charge in [-0.25, -0.2) is 0 Å². The molecule has 0 bridgehead atoms. The molecule has 0 spiro atoms. The second-order valence-corrected chi connectivity index (χ2v) is 6.20. The Kier molecular flexibility index (Phi) is 4.82. The number of methoxy groups -OCH3 is 1. The SMILES string of the molecule is CCOc1ccc([C@@H]2C(C#N)=C(N)Oc3cc(C)n(C)c(=O)c32)cc1OC. The van der Waals surface area contributed by atoms with E-state index in [4.69, 9.17) is 19.9 Å². The Bertz CT molecular complexity index is 1030. The zero-order valence-corrected chi connectivity index (χ0v) is 15.7. The number of pyridine rings is 1. The Morgan fingerprint density at radius 3 is 2.70 bits per heavy atom. The van der Waals surface area contributed by atoms with Gasteiger partial charge < -0.3 is 24.5 Å². The Hall–Kier alpha value is -3.40. The zero-order chi connectivity index (χ0) is 19.7. The molecule has 0 saturated heterocycles. The second kappa shape index (κ2) is 7.08. The van der Waals surface area contributed by atoms with E-state index in [1.807, 2.05) is 6.92 Å². The van der Waals surface area contributed by atoms with Crippen LogP contribution in [0.1, 0.15) is 29.7 Å². The van der Waals surface area contributed by atoms with Crippen molar-refractivity contribution in [1.82, 2.24) is 4.57 Å². The van der Waals surface area contributed by atoms with E-state index in [0.717, 1.165) is 5.69 Å². The van der Waals surface area contributed by atoms with Crippen LogP contribution in [-0.4, -0.2) is 18.3 Å². The maximum absolute atomic E-state index is 13.0. The van der Waals surface area contributed by atoms with E-state index in [1.165, 1.54) is 11.7 Å². The van der Waals surface area contributed by atoms with E-state index in [9.17, 15) is 10.1 Å². The van der Waals surface area contributed by atoms with E-state index in [2.05, 4.69) is 6.07 Å². The first-order chi connectivity index (χ1) is 12.9. The fourth-order valence-electron chi connectivity index (χ4n) is 3.21. The molecule has 0 amide bonds. The van der Waals surface area contributed by atoms with Gasteiger partial charge in [0, 0.05) is 18.8 Å². The van der Waals surface area contributed by atoms with Crippen LogP contribution in [-0.2, 0) is 7.05 Å². The highest BCUT2D eigenvalue weighted by Crippen LogP contribution is 2.42. The molecule has 0 aliphatic carbocycles. The van der Waals surface area contributed by atoms with Crippen molar-refractivity contribution in [2.24, 2.45) is 12.8 Å². The normalized spacial score (nSPS) is 15.6. The summed E-state index contributed by atoms with van der Waals surface area (Å²) in [6, 6.07) is 9.16. The van der Waals surface area contributed by atoms with Gasteiger partial charge >= 0.3 is 0 Å². The van der Waals surface area contributed by atoms with Crippen LogP contribution in [0.2, 0.25) is 0 Å². The first kappa shape index (κ1) is 18.4. The molecule has 1 aromatic heterocycles. The number of hydrogen-bond donors (Lipinski definition) is 1. The van der Waals surface area contributed by atoms with E-state index >= 15 is 0 Å². The summed E-state index contributed by atoms with van der Waals surface area (Å²) in [5, 5.41) is 9.67. The molecule has 0 fully saturated rings. The zero-order valence-electron chi connectivity index (χ0n) is 15.7.